The molecule has 5 unspecified atom stereocenters. The van der Waals surface area contributed by atoms with Crippen molar-refractivity contribution in [2.75, 3.05) is 6.61 Å². The van der Waals surface area contributed by atoms with E-state index in [0.29, 0.717) is 30.8 Å². The minimum Gasteiger partial charge on any atom is -0.460 e. The molecule has 1 fully saturated rings. The second-order valence-electron chi connectivity index (χ2n) is 9.05. The second kappa shape index (κ2) is 7.88. The Kier molecular flexibility index (Phi) is 7.10. The monoisotopic (exact) mass is 358 g/mol. The van der Waals surface area contributed by atoms with E-state index in [-0.39, 0.29) is 16.9 Å². The Morgan fingerprint density at radius 1 is 1.25 bits per heavy atom. The topological polar surface area (TPSA) is 55.8 Å². The molecule has 0 spiro atoms. The van der Waals surface area contributed by atoms with Crippen LogP contribution in [0.15, 0.2) is 0 Å². The van der Waals surface area contributed by atoms with E-state index >= 15 is 0 Å². The van der Waals surface area contributed by atoms with Crippen LogP contribution in [0.5, 0.6) is 0 Å². The van der Waals surface area contributed by atoms with E-state index in [1.807, 2.05) is 6.92 Å². The highest BCUT2D eigenvalue weighted by Crippen LogP contribution is 2.45. The quantitative estimate of drug-likeness (QED) is 0.570. The summed E-state index contributed by atoms with van der Waals surface area (Å²) in [6.45, 7) is 20.0. The van der Waals surface area contributed by atoms with E-state index in [4.69, 9.17) is 9.16 Å². The number of hydrogen-bond donors (Lipinski definition) is 1. The Balaban J connectivity index is 2.80. The van der Waals surface area contributed by atoms with E-state index in [1.54, 1.807) is 0 Å². The molecule has 4 nitrogen and oxygen atoms in total. The fourth-order valence-corrected chi connectivity index (χ4v) is 5.87. The molecule has 1 saturated carbocycles. The Labute approximate surface area is 149 Å². The van der Waals surface area contributed by atoms with Crippen LogP contribution in [0.4, 0.5) is 0 Å². The summed E-state index contributed by atoms with van der Waals surface area (Å²) in [5.74, 6) is 0.995. The van der Waals surface area contributed by atoms with Crippen molar-refractivity contribution < 1.29 is 19.1 Å². The molecule has 24 heavy (non-hydrogen) atoms. The van der Waals surface area contributed by atoms with E-state index in [9.17, 15) is 9.90 Å². The summed E-state index contributed by atoms with van der Waals surface area (Å²) in [7, 11) is -1.87. The number of carbonyl (C=O) groups is 1. The number of carbonyl (C=O) groups excluding carboxylic acids is 1. The predicted molar refractivity (Wildman–Crippen MR) is 100 cm³/mol. The van der Waals surface area contributed by atoms with Gasteiger partial charge in [-0.1, -0.05) is 41.5 Å². The molecule has 0 aromatic carbocycles. The zero-order valence-corrected chi connectivity index (χ0v) is 18.1. The number of esters is 1. The SMILES string of the molecule is CC(=O)OC1CC(CO[Si](C)(C)C(C)(C)C(C)C)C(C)C(C)C1O. The first-order chi connectivity index (χ1) is 10.8. The summed E-state index contributed by atoms with van der Waals surface area (Å²) >= 11 is 0. The van der Waals surface area contributed by atoms with Gasteiger partial charge in [0.15, 0.2) is 8.32 Å². The van der Waals surface area contributed by atoms with Gasteiger partial charge in [-0.05, 0) is 48.2 Å². The zero-order valence-electron chi connectivity index (χ0n) is 17.1. The van der Waals surface area contributed by atoms with Crippen LogP contribution < -0.4 is 0 Å². The van der Waals surface area contributed by atoms with Crippen LogP contribution in [0.1, 0.15) is 54.9 Å². The average Bonchev–Trinajstić information content (AvgIpc) is 2.45. The van der Waals surface area contributed by atoms with Crippen LogP contribution in [0.3, 0.4) is 0 Å². The maximum absolute atomic E-state index is 11.3. The summed E-state index contributed by atoms with van der Waals surface area (Å²) in [4.78, 5) is 11.3. The van der Waals surface area contributed by atoms with Crippen LogP contribution in [0.2, 0.25) is 18.1 Å². The first kappa shape index (κ1) is 21.6. The lowest BCUT2D eigenvalue weighted by molar-refractivity contribution is -0.164. The molecule has 1 aliphatic carbocycles. The van der Waals surface area contributed by atoms with Gasteiger partial charge in [0.25, 0.3) is 0 Å². The van der Waals surface area contributed by atoms with Gasteiger partial charge in [0, 0.05) is 13.5 Å². The fraction of sp³-hybridized carbons (Fsp3) is 0.947. The molecule has 0 heterocycles. The summed E-state index contributed by atoms with van der Waals surface area (Å²) < 4.78 is 11.9. The molecule has 0 amide bonds. The summed E-state index contributed by atoms with van der Waals surface area (Å²) in [6.07, 6.45) is -0.318. The molecule has 0 saturated heterocycles. The van der Waals surface area contributed by atoms with Crippen LogP contribution in [-0.2, 0) is 14.0 Å². The van der Waals surface area contributed by atoms with Crippen LogP contribution in [-0.4, -0.2) is 38.2 Å². The lowest BCUT2D eigenvalue weighted by atomic mass is 9.71. The second-order valence-corrected chi connectivity index (χ2v) is 13.6. The van der Waals surface area contributed by atoms with Crippen LogP contribution >= 0.6 is 0 Å². The van der Waals surface area contributed by atoms with E-state index in [2.05, 4.69) is 47.7 Å². The van der Waals surface area contributed by atoms with Gasteiger partial charge in [-0.25, -0.2) is 0 Å². The smallest absolute Gasteiger partial charge is 0.302 e. The maximum Gasteiger partial charge on any atom is 0.302 e. The number of aliphatic hydroxyl groups is 1. The first-order valence-electron chi connectivity index (χ1n) is 9.30. The largest absolute Gasteiger partial charge is 0.460 e. The molecule has 1 N–H and O–H groups in total. The maximum atomic E-state index is 11.3. The summed E-state index contributed by atoms with van der Waals surface area (Å²) in [6, 6.07) is 0. The minimum absolute atomic E-state index is 0.0968. The standard InChI is InChI=1S/C19H38O4Si/c1-12(2)19(6,7)24(8,9)22-11-16-10-17(23-15(5)20)18(21)14(4)13(16)3/h12-14,16-18,21H,10-11H2,1-9H3. The van der Waals surface area contributed by atoms with Crippen molar-refractivity contribution in [2.45, 2.75) is 85.2 Å². The van der Waals surface area contributed by atoms with Gasteiger partial charge in [0.05, 0.1) is 6.10 Å². The highest BCUT2D eigenvalue weighted by atomic mass is 28.4. The van der Waals surface area contributed by atoms with Gasteiger partial charge in [-0.15, -0.1) is 0 Å². The molecule has 5 heteroatoms. The predicted octanol–water partition coefficient (Wildman–Crippen LogP) is 4.23. The van der Waals surface area contributed by atoms with E-state index in [0.717, 1.165) is 0 Å². The lowest BCUT2D eigenvalue weighted by Gasteiger charge is -2.46. The Morgan fingerprint density at radius 3 is 2.25 bits per heavy atom. The minimum atomic E-state index is -1.87. The Bertz CT molecular complexity index is 433. The summed E-state index contributed by atoms with van der Waals surface area (Å²) in [5.41, 5.74) is 0. The van der Waals surface area contributed by atoms with Crippen LogP contribution in [0, 0.1) is 23.7 Å². The molecular formula is C19H38O4Si. The summed E-state index contributed by atoms with van der Waals surface area (Å²) in [5, 5.41) is 10.6. The van der Waals surface area contributed by atoms with Gasteiger partial charge in [-0.2, -0.15) is 0 Å². The normalized spacial score (nSPS) is 32.0. The van der Waals surface area contributed by atoms with Gasteiger partial charge >= 0.3 is 5.97 Å². The third-order valence-corrected chi connectivity index (χ3v) is 11.6. The Hall–Kier alpha value is -0.393. The third-order valence-electron chi connectivity index (χ3n) is 7.00. The van der Waals surface area contributed by atoms with Crippen molar-refractivity contribution >= 4 is 14.3 Å². The molecule has 1 rings (SSSR count). The fourth-order valence-electron chi connectivity index (χ4n) is 3.48. The van der Waals surface area contributed by atoms with E-state index in [1.165, 1.54) is 6.92 Å². The lowest BCUT2D eigenvalue weighted by Crippen LogP contribution is -2.50. The van der Waals surface area contributed by atoms with E-state index < -0.39 is 20.5 Å². The van der Waals surface area contributed by atoms with Gasteiger partial charge < -0.3 is 14.3 Å². The Morgan fingerprint density at radius 2 is 1.79 bits per heavy atom. The number of aliphatic hydroxyl groups excluding tert-OH is 1. The molecule has 5 atom stereocenters. The number of ether oxygens (including phenoxy) is 1. The first-order valence-corrected chi connectivity index (χ1v) is 12.2. The van der Waals surface area contributed by atoms with Crippen LogP contribution in [0.25, 0.3) is 0 Å². The highest BCUT2D eigenvalue weighted by Gasteiger charge is 2.46. The zero-order chi connectivity index (χ0) is 18.9. The molecule has 0 bridgehead atoms. The van der Waals surface area contributed by atoms with Crippen molar-refractivity contribution in [2.24, 2.45) is 23.7 Å². The molecule has 1 aliphatic rings. The van der Waals surface area contributed by atoms with Crippen molar-refractivity contribution in [3.05, 3.63) is 0 Å². The molecular weight excluding hydrogens is 320 g/mol. The van der Waals surface area contributed by atoms with Crippen molar-refractivity contribution in [1.82, 2.24) is 0 Å². The molecule has 0 radical (unpaired) electrons. The molecule has 0 aliphatic heterocycles. The third kappa shape index (κ3) is 4.61. The molecule has 142 valence electrons. The van der Waals surface area contributed by atoms with Crippen molar-refractivity contribution in [1.29, 1.82) is 0 Å². The number of hydrogen-bond acceptors (Lipinski definition) is 4. The average molecular weight is 359 g/mol. The van der Waals surface area contributed by atoms with Crippen molar-refractivity contribution in [3.8, 4) is 0 Å². The van der Waals surface area contributed by atoms with Gasteiger partial charge in [0.1, 0.15) is 6.10 Å². The van der Waals surface area contributed by atoms with Gasteiger partial charge in [0.2, 0.25) is 0 Å². The van der Waals surface area contributed by atoms with Crippen molar-refractivity contribution in [3.63, 3.8) is 0 Å². The molecule has 0 aromatic heterocycles. The highest BCUT2D eigenvalue weighted by molar-refractivity contribution is 6.74. The molecule has 0 aromatic rings. The number of rotatable bonds is 6. The van der Waals surface area contributed by atoms with Gasteiger partial charge in [-0.3, -0.25) is 4.79 Å².